The lowest BCUT2D eigenvalue weighted by atomic mass is 10.0. The van der Waals surface area contributed by atoms with Crippen LogP contribution in [0, 0.1) is 11.3 Å². The number of likely N-dealkylation sites (tertiary alicyclic amines) is 1. The molecule has 0 spiro atoms. The van der Waals surface area contributed by atoms with Gasteiger partial charge >= 0.3 is 0 Å². The first kappa shape index (κ1) is 18.2. The van der Waals surface area contributed by atoms with E-state index in [1.165, 1.54) is 4.90 Å². The van der Waals surface area contributed by atoms with Crippen LogP contribution in [0.5, 0.6) is 5.88 Å². The lowest BCUT2D eigenvalue weighted by Gasteiger charge is -2.33. The van der Waals surface area contributed by atoms with Crippen LogP contribution in [0.4, 0.5) is 0 Å². The van der Waals surface area contributed by atoms with Crippen molar-refractivity contribution < 1.29 is 14.3 Å². The fourth-order valence-electron chi connectivity index (χ4n) is 3.72. The molecule has 1 aliphatic carbocycles. The van der Waals surface area contributed by atoms with Crippen LogP contribution in [-0.2, 0) is 22.4 Å². The number of rotatable bonds is 4. The number of primary amides is 1. The zero-order chi connectivity index (χ0) is 18.5. The first-order valence-corrected chi connectivity index (χ1v) is 9.24. The van der Waals surface area contributed by atoms with Crippen LogP contribution in [-0.4, -0.2) is 40.9 Å². The Morgan fingerprint density at radius 2 is 2.08 bits per heavy atom. The van der Waals surface area contributed by atoms with Crippen molar-refractivity contribution in [2.24, 2.45) is 5.73 Å². The largest absolute Gasteiger partial charge is 0.467 e. The molecule has 7 heteroatoms. The molecule has 26 heavy (non-hydrogen) atoms. The van der Waals surface area contributed by atoms with E-state index in [1.807, 2.05) is 6.07 Å². The Bertz CT molecular complexity index is 741. The summed E-state index contributed by atoms with van der Waals surface area (Å²) in [5, 5.41) is 9.39. The monoisotopic (exact) mass is 356 g/mol. The van der Waals surface area contributed by atoms with Gasteiger partial charge in [-0.15, -0.1) is 0 Å². The van der Waals surface area contributed by atoms with Crippen molar-refractivity contribution in [2.75, 3.05) is 13.2 Å². The highest BCUT2D eigenvalue weighted by molar-refractivity contribution is 5.87. The normalized spacial score (nSPS) is 19.8. The molecule has 1 atom stereocenters. The first-order valence-electron chi connectivity index (χ1n) is 9.24. The number of aryl methyl sites for hydroxylation is 2. The minimum absolute atomic E-state index is 0.203. The van der Waals surface area contributed by atoms with Gasteiger partial charge in [0, 0.05) is 12.2 Å². The minimum atomic E-state index is -0.574. The average molecular weight is 356 g/mol. The molecule has 0 bridgehead atoms. The van der Waals surface area contributed by atoms with Crippen molar-refractivity contribution in [3.63, 3.8) is 0 Å². The van der Waals surface area contributed by atoms with E-state index in [4.69, 9.17) is 10.5 Å². The summed E-state index contributed by atoms with van der Waals surface area (Å²) in [4.78, 5) is 30.1. The number of nitrogens with two attached hydrogens (primary N) is 1. The standard InChI is InChI=1S/C19H24N4O3/c20-11-14-10-13-6-2-1-3-7-15(13)22-19(14)26-12-17(24)23-9-5-4-8-16(23)18(21)25/h10,16H,1-9,12H2,(H2,21,25). The summed E-state index contributed by atoms with van der Waals surface area (Å²) in [6, 6.07) is 3.37. The number of carbonyl (C=O) groups excluding carboxylic acids is 2. The van der Waals surface area contributed by atoms with E-state index in [0.29, 0.717) is 18.5 Å². The van der Waals surface area contributed by atoms with Crippen molar-refractivity contribution in [3.8, 4) is 11.9 Å². The third kappa shape index (κ3) is 3.96. The second kappa shape index (κ2) is 8.17. The maximum atomic E-state index is 12.5. The SMILES string of the molecule is N#Cc1cc2c(nc1OCC(=O)N1CCCCC1C(N)=O)CCCCC2. The van der Waals surface area contributed by atoms with Crippen molar-refractivity contribution in [2.45, 2.75) is 57.4 Å². The van der Waals surface area contributed by atoms with Crippen LogP contribution in [0.2, 0.25) is 0 Å². The van der Waals surface area contributed by atoms with E-state index in [0.717, 1.165) is 56.2 Å². The summed E-state index contributed by atoms with van der Waals surface area (Å²) >= 11 is 0. The molecule has 2 N–H and O–H groups in total. The van der Waals surface area contributed by atoms with Gasteiger partial charge in [-0.05, 0) is 56.6 Å². The summed E-state index contributed by atoms with van der Waals surface area (Å²) in [6.45, 7) is 0.253. The number of pyridine rings is 1. The molecular formula is C19H24N4O3. The van der Waals surface area contributed by atoms with Crippen molar-refractivity contribution in [3.05, 3.63) is 22.9 Å². The molecule has 2 heterocycles. The maximum absolute atomic E-state index is 12.5. The van der Waals surface area contributed by atoms with E-state index in [9.17, 15) is 14.9 Å². The van der Waals surface area contributed by atoms with E-state index in [1.54, 1.807) is 0 Å². The van der Waals surface area contributed by atoms with Gasteiger partial charge in [0.25, 0.3) is 5.91 Å². The summed E-state index contributed by atoms with van der Waals surface area (Å²) in [6.07, 6.45) is 7.41. The molecular weight excluding hydrogens is 332 g/mol. The van der Waals surface area contributed by atoms with E-state index in [2.05, 4.69) is 11.1 Å². The highest BCUT2D eigenvalue weighted by Gasteiger charge is 2.31. The number of nitrogens with zero attached hydrogens (tertiary/aromatic N) is 3. The molecule has 1 saturated heterocycles. The lowest BCUT2D eigenvalue weighted by Crippen LogP contribution is -2.51. The zero-order valence-corrected chi connectivity index (χ0v) is 14.9. The summed E-state index contributed by atoms with van der Waals surface area (Å²) in [7, 11) is 0. The molecule has 1 unspecified atom stereocenters. The van der Waals surface area contributed by atoms with Crippen LogP contribution in [0.3, 0.4) is 0 Å². The molecule has 0 aromatic carbocycles. The molecule has 3 rings (SSSR count). The predicted octanol–water partition coefficient (Wildman–Crippen LogP) is 1.47. The molecule has 2 amide bonds. The minimum Gasteiger partial charge on any atom is -0.467 e. The van der Waals surface area contributed by atoms with E-state index < -0.39 is 11.9 Å². The Morgan fingerprint density at radius 1 is 1.27 bits per heavy atom. The molecule has 0 radical (unpaired) electrons. The van der Waals surface area contributed by atoms with Gasteiger partial charge in [-0.3, -0.25) is 9.59 Å². The zero-order valence-electron chi connectivity index (χ0n) is 14.9. The Hall–Kier alpha value is -2.62. The number of amides is 2. The Labute approximate surface area is 153 Å². The smallest absolute Gasteiger partial charge is 0.261 e. The number of ether oxygens (including phenoxy) is 1. The predicted molar refractivity (Wildman–Crippen MR) is 94.3 cm³/mol. The first-order chi connectivity index (χ1) is 12.6. The van der Waals surface area contributed by atoms with Crippen LogP contribution >= 0.6 is 0 Å². The van der Waals surface area contributed by atoms with Gasteiger partial charge in [0.2, 0.25) is 11.8 Å². The highest BCUT2D eigenvalue weighted by Crippen LogP contribution is 2.25. The van der Waals surface area contributed by atoms with Gasteiger partial charge in [0.15, 0.2) is 6.61 Å². The van der Waals surface area contributed by atoms with Gasteiger partial charge in [-0.1, -0.05) is 6.42 Å². The molecule has 2 aliphatic rings. The Kier molecular flexibility index (Phi) is 5.71. The third-order valence-corrected chi connectivity index (χ3v) is 5.12. The maximum Gasteiger partial charge on any atom is 0.261 e. The summed E-state index contributed by atoms with van der Waals surface area (Å²) < 4.78 is 5.60. The van der Waals surface area contributed by atoms with Gasteiger partial charge in [0.05, 0.1) is 0 Å². The average Bonchev–Trinajstić information content (AvgIpc) is 2.89. The molecule has 7 nitrogen and oxygen atoms in total. The molecule has 1 aliphatic heterocycles. The number of fused-ring (bicyclic) bond motifs is 1. The molecule has 1 fully saturated rings. The number of aromatic nitrogens is 1. The molecule has 138 valence electrons. The highest BCUT2D eigenvalue weighted by atomic mass is 16.5. The van der Waals surface area contributed by atoms with Crippen LogP contribution < -0.4 is 10.5 Å². The van der Waals surface area contributed by atoms with Crippen molar-refractivity contribution >= 4 is 11.8 Å². The van der Waals surface area contributed by atoms with Crippen LogP contribution in [0.25, 0.3) is 0 Å². The van der Waals surface area contributed by atoms with Gasteiger partial charge in [0.1, 0.15) is 17.7 Å². The van der Waals surface area contributed by atoms with Crippen molar-refractivity contribution in [1.82, 2.24) is 9.88 Å². The number of piperidine rings is 1. The molecule has 0 saturated carbocycles. The number of hydrogen-bond acceptors (Lipinski definition) is 5. The fourth-order valence-corrected chi connectivity index (χ4v) is 3.72. The molecule has 1 aromatic heterocycles. The second-order valence-corrected chi connectivity index (χ2v) is 6.91. The third-order valence-electron chi connectivity index (χ3n) is 5.12. The second-order valence-electron chi connectivity index (χ2n) is 6.91. The van der Waals surface area contributed by atoms with Crippen LogP contribution in [0.15, 0.2) is 6.07 Å². The van der Waals surface area contributed by atoms with E-state index >= 15 is 0 Å². The van der Waals surface area contributed by atoms with Crippen molar-refractivity contribution in [1.29, 1.82) is 5.26 Å². The summed E-state index contributed by atoms with van der Waals surface area (Å²) in [5.41, 5.74) is 7.82. The topological polar surface area (TPSA) is 109 Å². The van der Waals surface area contributed by atoms with Gasteiger partial charge in [-0.2, -0.15) is 5.26 Å². The number of nitriles is 1. The van der Waals surface area contributed by atoms with E-state index in [-0.39, 0.29) is 18.4 Å². The lowest BCUT2D eigenvalue weighted by molar-refractivity contribution is -0.142. The summed E-state index contributed by atoms with van der Waals surface area (Å²) in [5.74, 6) is -0.581. The molecule has 1 aromatic rings. The Morgan fingerprint density at radius 3 is 2.85 bits per heavy atom. The number of hydrogen-bond donors (Lipinski definition) is 1. The quantitative estimate of drug-likeness (QED) is 0.822. The van der Waals surface area contributed by atoms with Gasteiger partial charge < -0.3 is 15.4 Å². The van der Waals surface area contributed by atoms with Gasteiger partial charge in [-0.25, -0.2) is 4.98 Å². The Balaban J connectivity index is 1.72. The van der Waals surface area contributed by atoms with Crippen LogP contribution in [0.1, 0.15) is 55.3 Å². The fraction of sp³-hybridized carbons (Fsp3) is 0.579. The number of carbonyl (C=O) groups is 2.